The van der Waals surface area contributed by atoms with Crippen LogP contribution in [-0.2, 0) is 47.7 Å². The van der Waals surface area contributed by atoms with Gasteiger partial charge in [0.05, 0.1) is 63.5 Å². The first-order chi connectivity index (χ1) is 20.2. The van der Waals surface area contributed by atoms with E-state index in [-0.39, 0.29) is 80.5 Å². The summed E-state index contributed by atoms with van der Waals surface area (Å²) in [5.74, 6) is -1.86. The van der Waals surface area contributed by atoms with Crippen LogP contribution in [0, 0.1) is 0 Å². The van der Waals surface area contributed by atoms with Crippen LogP contribution in [-0.4, -0.2) is 143 Å². The molecule has 0 aromatic rings. The SMILES string of the molecule is CC(=O)CCC(=O)N(CC(=O)NCCOCCOCCNC(=O)CBr)CC(=O)NCCOCCOCCNC(=O)CBr. The Morgan fingerprint density at radius 2 is 0.857 bits per heavy atom. The summed E-state index contributed by atoms with van der Waals surface area (Å²) >= 11 is 6.09. The van der Waals surface area contributed by atoms with E-state index in [0.717, 1.165) is 4.90 Å². The Morgan fingerprint density at radius 1 is 0.524 bits per heavy atom. The maximum atomic E-state index is 12.6. The van der Waals surface area contributed by atoms with E-state index in [4.69, 9.17) is 18.9 Å². The number of alkyl halides is 2. The zero-order valence-corrected chi connectivity index (χ0v) is 27.2. The van der Waals surface area contributed by atoms with E-state index >= 15 is 0 Å². The lowest BCUT2D eigenvalue weighted by molar-refractivity contribution is -0.140. The van der Waals surface area contributed by atoms with Crippen molar-refractivity contribution in [2.24, 2.45) is 0 Å². The lowest BCUT2D eigenvalue weighted by Crippen LogP contribution is -2.46. The Hall–Kier alpha value is -2.18. The minimum absolute atomic E-state index is 0.0101. The second-order valence-corrected chi connectivity index (χ2v) is 9.69. The molecule has 17 heteroatoms. The van der Waals surface area contributed by atoms with Gasteiger partial charge in [-0.05, 0) is 6.92 Å². The molecule has 0 rings (SSSR count). The molecule has 0 fully saturated rings. The minimum Gasteiger partial charge on any atom is -0.377 e. The molecule has 0 aliphatic heterocycles. The van der Waals surface area contributed by atoms with Crippen molar-refractivity contribution in [3.8, 4) is 0 Å². The summed E-state index contributed by atoms with van der Waals surface area (Å²) in [6.07, 6.45) is -0.0994. The predicted octanol–water partition coefficient (Wildman–Crippen LogP) is -1.49. The quantitative estimate of drug-likeness (QED) is 0.0572. The molecule has 0 aliphatic rings. The van der Waals surface area contributed by atoms with Gasteiger partial charge in [-0.15, -0.1) is 0 Å². The van der Waals surface area contributed by atoms with E-state index in [1.807, 2.05) is 0 Å². The Bertz CT molecular complexity index is 772. The third kappa shape index (κ3) is 25.5. The zero-order chi connectivity index (χ0) is 31.4. The fourth-order valence-electron chi connectivity index (χ4n) is 2.92. The number of halogens is 2. The average Bonchev–Trinajstić information content (AvgIpc) is 2.96. The van der Waals surface area contributed by atoms with Crippen LogP contribution in [0.1, 0.15) is 19.8 Å². The monoisotopic (exact) mass is 731 g/mol. The Balaban J connectivity index is 4.19. The van der Waals surface area contributed by atoms with Crippen LogP contribution in [0.15, 0.2) is 0 Å². The summed E-state index contributed by atoms with van der Waals surface area (Å²) in [5, 5.41) is 11.0. The second kappa shape index (κ2) is 27.6. The lowest BCUT2D eigenvalue weighted by atomic mass is 10.2. The van der Waals surface area contributed by atoms with E-state index in [1.54, 1.807) is 0 Å². The van der Waals surface area contributed by atoms with E-state index < -0.39 is 17.7 Å². The van der Waals surface area contributed by atoms with Crippen molar-refractivity contribution < 1.29 is 47.7 Å². The van der Waals surface area contributed by atoms with Gasteiger partial charge in [-0.3, -0.25) is 24.0 Å². The molecule has 42 heavy (non-hydrogen) atoms. The first-order valence-electron chi connectivity index (χ1n) is 13.5. The molecule has 0 unspecified atom stereocenters. The highest BCUT2D eigenvalue weighted by atomic mass is 79.9. The molecule has 0 aromatic heterocycles. The second-order valence-electron chi connectivity index (χ2n) is 8.57. The number of nitrogens with zero attached hydrogens (tertiary/aromatic N) is 1. The van der Waals surface area contributed by atoms with Crippen LogP contribution in [0.3, 0.4) is 0 Å². The molecule has 0 spiro atoms. The standard InChI is InChI=1S/C25H43Br2N5O10/c1-20(33)2-3-25(38)32(18-23(36)30-6-10-41-14-12-39-8-4-28-21(34)16-26)19-24(37)31-7-11-42-15-13-40-9-5-29-22(35)17-27/h2-19H2,1H3,(H,28,34)(H,29,35)(H,30,36)(H,31,37). The number of amides is 5. The highest BCUT2D eigenvalue weighted by Gasteiger charge is 2.20. The van der Waals surface area contributed by atoms with Gasteiger partial charge in [0, 0.05) is 39.0 Å². The van der Waals surface area contributed by atoms with Crippen molar-refractivity contribution in [3.05, 3.63) is 0 Å². The number of hydrogen-bond acceptors (Lipinski definition) is 10. The van der Waals surface area contributed by atoms with Crippen molar-refractivity contribution >= 4 is 67.2 Å². The number of carbonyl (C=O) groups is 6. The maximum absolute atomic E-state index is 12.6. The molecule has 0 aromatic carbocycles. The van der Waals surface area contributed by atoms with Crippen LogP contribution in [0.5, 0.6) is 0 Å². The molecule has 242 valence electrons. The van der Waals surface area contributed by atoms with E-state index in [9.17, 15) is 28.8 Å². The van der Waals surface area contributed by atoms with Crippen LogP contribution in [0.4, 0.5) is 0 Å². The highest BCUT2D eigenvalue weighted by Crippen LogP contribution is 1.99. The molecule has 0 saturated carbocycles. The molecule has 4 N–H and O–H groups in total. The third-order valence-corrected chi connectivity index (χ3v) is 5.99. The van der Waals surface area contributed by atoms with Crippen molar-refractivity contribution in [2.75, 3.05) is 103 Å². The largest absolute Gasteiger partial charge is 0.377 e. The van der Waals surface area contributed by atoms with Gasteiger partial charge in [-0.25, -0.2) is 0 Å². The number of carbonyl (C=O) groups excluding carboxylic acids is 6. The van der Waals surface area contributed by atoms with Gasteiger partial charge >= 0.3 is 0 Å². The molecule has 0 radical (unpaired) electrons. The molecular weight excluding hydrogens is 690 g/mol. The normalized spacial score (nSPS) is 10.5. The number of hydrogen-bond donors (Lipinski definition) is 4. The van der Waals surface area contributed by atoms with Crippen LogP contribution >= 0.6 is 31.9 Å². The molecule has 0 saturated heterocycles. The first kappa shape index (κ1) is 39.8. The maximum Gasteiger partial charge on any atom is 0.239 e. The van der Waals surface area contributed by atoms with Gasteiger partial charge in [-0.1, -0.05) is 31.9 Å². The minimum atomic E-state index is -0.489. The predicted molar refractivity (Wildman–Crippen MR) is 159 cm³/mol. The summed E-state index contributed by atoms with van der Waals surface area (Å²) in [6, 6.07) is 0. The number of rotatable bonds is 27. The molecule has 0 bridgehead atoms. The fraction of sp³-hybridized carbons (Fsp3) is 0.760. The smallest absolute Gasteiger partial charge is 0.239 e. The summed E-state index contributed by atoms with van der Waals surface area (Å²) < 4.78 is 21.4. The lowest BCUT2D eigenvalue weighted by Gasteiger charge is -2.22. The number of nitrogens with one attached hydrogen (secondary N) is 4. The number of ketones is 1. The summed E-state index contributed by atoms with van der Waals surface area (Å²) in [6.45, 7) is 4.20. The van der Waals surface area contributed by atoms with Gasteiger partial charge in [-0.2, -0.15) is 0 Å². The van der Waals surface area contributed by atoms with Gasteiger partial charge in [0.15, 0.2) is 0 Å². The van der Waals surface area contributed by atoms with E-state index in [2.05, 4.69) is 53.1 Å². The average molecular weight is 733 g/mol. The van der Waals surface area contributed by atoms with Gasteiger partial charge in [0.2, 0.25) is 29.5 Å². The van der Waals surface area contributed by atoms with Crippen molar-refractivity contribution in [1.29, 1.82) is 0 Å². The number of Topliss-reactive ketones (excluding diaryl/α,β-unsaturated/α-hetero) is 1. The topological polar surface area (TPSA) is 191 Å². The molecular formula is C25H43Br2N5O10. The summed E-state index contributed by atoms with van der Waals surface area (Å²) in [7, 11) is 0. The van der Waals surface area contributed by atoms with Crippen molar-refractivity contribution in [1.82, 2.24) is 26.2 Å². The zero-order valence-electron chi connectivity index (χ0n) is 24.0. The van der Waals surface area contributed by atoms with E-state index in [1.165, 1.54) is 6.92 Å². The fourth-order valence-corrected chi connectivity index (χ4v) is 3.32. The summed E-state index contributed by atoms with van der Waals surface area (Å²) in [5.41, 5.74) is 0. The third-order valence-electron chi connectivity index (χ3n) is 4.97. The summed E-state index contributed by atoms with van der Waals surface area (Å²) in [4.78, 5) is 71.8. The molecule has 15 nitrogen and oxygen atoms in total. The Labute approximate surface area is 263 Å². The van der Waals surface area contributed by atoms with Crippen LogP contribution in [0.2, 0.25) is 0 Å². The van der Waals surface area contributed by atoms with Crippen molar-refractivity contribution in [3.63, 3.8) is 0 Å². The van der Waals surface area contributed by atoms with Gasteiger partial charge in [0.25, 0.3) is 0 Å². The molecule has 0 atom stereocenters. The van der Waals surface area contributed by atoms with Gasteiger partial charge < -0.3 is 49.9 Å². The Morgan fingerprint density at radius 3 is 1.17 bits per heavy atom. The number of ether oxygens (including phenoxy) is 4. The molecule has 0 aliphatic carbocycles. The first-order valence-corrected chi connectivity index (χ1v) is 15.7. The van der Waals surface area contributed by atoms with Crippen LogP contribution in [0.25, 0.3) is 0 Å². The van der Waals surface area contributed by atoms with Gasteiger partial charge in [0.1, 0.15) is 18.9 Å². The highest BCUT2D eigenvalue weighted by molar-refractivity contribution is 9.09. The van der Waals surface area contributed by atoms with E-state index in [0.29, 0.717) is 52.7 Å². The molecule has 0 heterocycles. The van der Waals surface area contributed by atoms with Crippen molar-refractivity contribution in [2.45, 2.75) is 19.8 Å². The van der Waals surface area contributed by atoms with Crippen LogP contribution < -0.4 is 21.3 Å². The molecule has 5 amide bonds. The Kier molecular flexibility index (Phi) is 26.2.